The zero-order valence-electron chi connectivity index (χ0n) is 7.88. The lowest BCUT2D eigenvalue weighted by atomic mass is 10.1. The molecule has 0 unspecified atom stereocenters. The number of fused-ring (bicyclic) bond motifs is 1. The summed E-state index contributed by atoms with van der Waals surface area (Å²) < 4.78 is 11.1. The predicted molar refractivity (Wildman–Crippen MR) is 61.6 cm³/mol. The maximum atomic E-state index is 5.58. The van der Waals surface area contributed by atoms with Gasteiger partial charge in [0, 0.05) is 6.42 Å². The molecule has 0 aromatic heterocycles. The summed E-state index contributed by atoms with van der Waals surface area (Å²) in [4.78, 5) is 1.06. The first kappa shape index (κ1) is 10.2. The summed E-state index contributed by atoms with van der Waals surface area (Å²) in [5.74, 6) is 1.88. The Morgan fingerprint density at radius 3 is 3.14 bits per heavy atom. The Kier molecular flexibility index (Phi) is 3.23. The zero-order valence-corrected chi connectivity index (χ0v) is 10.3. The molecule has 76 valence electrons. The fourth-order valence-electron chi connectivity index (χ4n) is 1.55. The smallest absolute Gasteiger partial charge is 0.140 e. The molecule has 0 spiro atoms. The Balaban J connectivity index is 2.43. The van der Waals surface area contributed by atoms with Crippen LogP contribution in [-0.2, 0) is 6.42 Å². The standard InChI is InChI=1S/C10H11BrO2S/c1-2-12-8-4-3-7-5-6-13-9(7)10(8)14-11/h3-4H,2,5-6H2,1H3. The molecule has 14 heavy (non-hydrogen) atoms. The molecular formula is C10H11BrO2S. The van der Waals surface area contributed by atoms with Gasteiger partial charge in [0.1, 0.15) is 16.4 Å². The van der Waals surface area contributed by atoms with Gasteiger partial charge in [-0.25, -0.2) is 0 Å². The summed E-state index contributed by atoms with van der Waals surface area (Å²) >= 11 is 3.39. The van der Waals surface area contributed by atoms with E-state index in [2.05, 4.69) is 20.9 Å². The molecule has 0 saturated heterocycles. The molecule has 0 bridgehead atoms. The predicted octanol–water partition coefficient (Wildman–Crippen LogP) is 3.42. The quantitative estimate of drug-likeness (QED) is 0.842. The molecule has 0 amide bonds. The first-order chi connectivity index (χ1) is 6.86. The highest BCUT2D eigenvalue weighted by molar-refractivity contribution is 9.50. The second-order valence-corrected chi connectivity index (χ2v) is 4.52. The first-order valence-corrected chi connectivity index (χ1v) is 7.22. The van der Waals surface area contributed by atoms with Crippen molar-refractivity contribution in [2.24, 2.45) is 0 Å². The number of ether oxygens (including phenoxy) is 2. The number of hydrogen-bond donors (Lipinski definition) is 0. The summed E-state index contributed by atoms with van der Waals surface area (Å²) in [5.41, 5.74) is 1.27. The Morgan fingerprint density at radius 1 is 1.57 bits per heavy atom. The molecule has 0 radical (unpaired) electrons. The molecule has 1 heterocycles. The monoisotopic (exact) mass is 274 g/mol. The van der Waals surface area contributed by atoms with E-state index in [9.17, 15) is 0 Å². The number of hydrogen-bond acceptors (Lipinski definition) is 3. The van der Waals surface area contributed by atoms with E-state index in [1.54, 1.807) is 0 Å². The van der Waals surface area contributed by atoms with Crippen LogP contribution in [0.1, 0.15) is 12.5 Å². The summed E-state index contributed by atoms with van der Waals surface area (Å²) in [7, 11) is 1.50. The molecule has 0 fully saturated rings. The minimum Gasteiger partial charge on any atom is -0.493 e. The van der Waals surface area contributed by atoms with E-state index in [1.807, 2.05) is 13.0 Å². The van der Waals surface area contributed by atoms with Gasteiger partial charge in [-0.3, -0.25) is 0 Å². The third-order valence-electron chi connectivity index (χ3n) is 2.15. The van der Waals surface area contributed by atoms with Crippen LogP contribution in [0.2, 0.25) is 0 Å². The Labute approximate surface area is 95.2 Å². The highest BCUT2D eigenvalue weighted by Gasteiger charge is 2.20. The second-order valence-electron chi connectivity index (χ2n) is 2.99. The van der Waals surface area contributed by atoms with E-state index in [0.29, 0.717) is 6.61 Å². The second kappa shape index (κ2) is 4.45. The van der Waals surface area contributed by atoms with Crippen LogP contribution in [0.15, 0.2) is 17.0 Å². The average molecular weight is 275 g/mol. The zero-order chi connectivity index (χ0) is 9.97. The van der Waals surface area contributed by atoms with Gasteiger partial charge >= 0.3 is 0 Å². The Bertz CT molecular complexity index is 341. The van der Waals surface area contributed by atoms with Gasteiger partial charge in [-0.1, -0.05) is 6.07 Å². The summed E-state index contributed by atoms with van der Waals surface area (Å²) in [6, 6.07) is 4.10. The van der Waals surface area contributed by atoms with Crippen LogP contribution in [-0.4, -0.2) is 13.2 Å². The molecule has 1 aliphatic heterocycles. The van der Waals surface area contributed by atoms with Crippen molar-refractivity contribution in [1.82, 2.24) is 0 Å². The Hall–Kier alpha value is -0.350. The molecular weight excluding hydrogens is 264 g/mol. The lowest BCUT2D eigenvalue weighted by molar-refractivity contribution is 0.318. The number of rotatable bonds is 3. The van der Waals surface area contributed by atoms with Crippen molar-refractivity contribution in [3.63, 3.8) is 0 Å². The maximum Gasteiger partial charge on any atom is 0.140 e. The minimum absolute atomic E-state index is 0.680. The van der Waals surface area contributed by atoms with Crippen LogP contribution in [0.25, 0.3) is 0 Å². The fourth-order valence-corrected chi connectivity index (χ4v) is 2.93. The summed E-state index contributed by atoms with van der Waals surface area (Å²) in [6.45, 7) is 3.45. The van der Waals surface area contributed by atoms with Gasteiger partial charge in [0.25, 0.3) is 0 Å². The van der Waals surface area contributed by atoms with Gasteiger partial charge in [0.05, 0.1) is 13.2 Å². The van der Waals surface area contributed by atoms with Crippen LogP contribution in [0.3, 0.4) is 0 Å². The van der Waals surface area contributed by atoms with Crippen LogP contribution in [0.4, 0.5) is 0 Å². The van der Waals surface area contributed by atoms with E-state index < -0.39 is 0 Å². The van der Waals surface area contributed by atoms with E-state index in [4.69, 9.17) is 9.47 Å². The normalized spacial score (nSPS) is 13.6. The van der Waals surface area contributed by atoms with Crippen LogP contribution >= 0.6 is 25.0 Å². The fraction of sp³-hybridized carbons (Fsp3) is 0.400. The largest absolute Gasteiger partial charge is 0.493 e. The maximum absolute atomic E-state index is 5.58. The molecule has 0 saturated carbocycles. The van der Waals surface area contributed by atoms with Gasteiger partial charge in [-0.2, -0.15) is 0 Å². The van der Waals surface area contributed by atoms with Crippen LogP contribution < -0.4 is 9.47 Å². The average Bonchev–Trinajstić information content (AvgIpc) is 2.66. The molecule has 4 heteroatoms. The van der Waals surface area contributed by atoms with Crippen molar-refractivity contribution in [3.8, 4) is 11.5 Å². The number of halogens is 1. The van der Waals surface area contributed by atoms with Crippen molar-refractivity contribution in [3.05, 3.63) is 17.7 Å². The molecule has 2 rings (SSSR count). The molecule has 0 aliphatic carbocycles. The molecule has 0 N–H and O–H groups in total. The van der Waals surface area contributed by atoms with Gasteiger partial charge in [-0.15, -0.1) is 0 Å². The molecule has 1 aromatic rings. The minimum atomic E-state index is 0.680. The molecule has 1 aromatic carbocycles. The third-order valence-corrected chi connectivity index (χ3v) is 3.66. The van der Waals surface area contributed by atoms with E-state index in [1.165, 1.54) is 15.8 Å². The van der Waals surface area contributed by atoms with Gasteiger partial charge in [0.2, 0.25) is 0 Å². The first-order valence-electron chi connectivity index (χ1n) is 4.57. The van der Waals surface area contributed by atoms with Crippen LogP contribution in [0, 0.1) is 0 Å². The van der Waals surface area contributed by atoms with E-state index in [0.717, 1.165) is 29.4 Å². The van der Waals surface area contributed by atoms with Crippen molar-refractivity contribution in [1.29, 1.82) is 0 Å². The topological polar surface area (TPSA) is 18.5 Å². The van der Waals surface area contributed by atoms with E-state index in [-0.39, 0.29) is 0 Å². The van der Waals surface area contributed by atoms with Crippen molar-refractivity contribution < 1.29 is 9.47 Å². The van der Waals surface area contributed by atoms with Crippen molar-refractivity contribution >= 4 is 25.0 Å². The molecule has 1 aliphatic rings. The number of benzene rings is 1. The highest BCUT2D eigenvalue weighted by Crippen LogP contribution is 2.45. The van der Waals surface area contributed by atoms with Gasteiger partial charge in [-0.05, 0) is 43.6 Å². The summed E-state index contributed by atoms with van der Waals surface area (Å²) in [6.07, 6.45) is 1.00. The van der Waals surface area contributed by atoms with E-state index >= 15 is 0 Å². The van der Waals surface area contributed by atoms with Crippen LogP contribution in [0.5, 0.6) is 11.5 Å². The van der Waals surface area contributed by atoms with Gasteiger partial charge in [0.15, 0.2) is 0 Å². The van der Waals surface area contributed by atoms with Gasteiger partial charge < -0.3 is 9.47 Å². The summed E-state index contributed by atoms with van der Waals surface area (Å²) in [5, 5.41) is 0. The van der Waals surface area contributed by atoms with Crippen molar-refractivity contribution in [2.75, 3.05) is 13.2 Å². The SMILES string of the molecule is CCOc1ccc2c(c1SBr)OCC2. The van der Waals surface area contributed by atoms with Crippen molar-refractivity contribution in [2.45, 2.75) is 18.2 Å². The molecule has 0 atom stereocenters. The lowest BCUT2D eigenvalue weighted by Crippen LogP contribution is -1.94. The Morgan fingerprint density at radius 2 is 2.43 bits per heavy atom. The molecule has 2 nitrogen and oxygen atoms in total. The lowest BCUT2D eigenvalue weighted by Gasteiger charge is -2.10. The highest BCUT2D eigenvalue weighted by atomic mass is 79.9. The third kappa shape index (κ3) is 1.73.